The van der Waals surface area contributed by atoms with Crippen LogP contribution in [0.2, 0.25) is 0 Å². The number of carbonyl (C=O) groups is 2. The fourth-order valence-electron chi connectivity index (χ4n) is 3.05. The minimum atomic E-state index is -1.82. The molecule has 1 aliphatic rings. The number of carboxylic acid groups (broad SMARTS) is 2. The number of nitro groups is 1. The van der Waals surface area contributed by atoms with Crippen molar-refractivity contribution >= 4 is 33.6 Å². The highest BCUT2D eigenvalue weighted by Crippen LogP contribution is 2.24. The molecule has 10 nitrogen and oxygen atoms in total. The number of aromatic hydroxyl groups is 1. The lowest BCUT2D eigenvalue weighted by Gasteiger charge is -2.34. The number of halogens is 1. The number of phenolic OH excluding ortho intramolecular Hbond substituents is 1. The van der Waals surface area contributed by atoms with Crippen LogP contribution in [0.1, 0.15) is 11.1 Å². The lowest BCUT2D eigenvalue weighted by molar-refractivity contribution is -0.384. The molecule has 3 N–H and O–H groups in total. The largest absolute Gasteiger partial charge is 0.508 e. The van der Waals surface area contributed by atoms with Crippen LogP contribution < -0.4 is 0 Å². The summed E-state index contributed by atoms with van der Waals surface area (Å²) in [7, 11) is 0. The summed E-state index contributed by atoms with van der Waals surface area (Å²) in [5, 5.41) is 35.6. The number of hydrogen-bond donors (Lipinski definition) is 3. The first kappa shape index (κ1) is 24.3. The predicted molar refractivity (Wildman–Crippen MR) is 115 cm³/mol. The van der Waals surface area contributed by atoms with E-state index in [1.807, 2.05) is 18.2 Å². The average molecular weight is 496 g/mol. The number of piperazine rings is 1. The van der Waals surface area contributed by atoms with Crippen LogP contribution in [0.25, 0.3) is 0 Å². The molecule has 2 aromatic carbocycles. The molecule has 31 heavy (non-hydrogen) atoms. The van der Waals surface area contributed by atoms with Gasteiger partial charge in [-0.15, -0.1) is 0 Å². The standard InChI is InChI=1S/C18H20BrN3O3.C2H2O4/c19-16-4-5-18(23)15(11-16)13-21-8-6-20(7-9-21)12-14-2-1-3-17(10-14)22(24)25;3-1(4)2(5)6/h1-5,10-11,23H,6-9,12-13H2;(H,3,4)(H,5,6). The van der Waals surface area contributed by atoms with Crippen molar-refractivity contribution in [1.29, 1.82) is 0 Å². The van der Waals surface area contributed by atoms with Gasteiger partial charge in [0.15, 0.2) is 0 Å². The van der Waals surface area contributed by atoms with Crippen molar-refractivity contribution in [2.75, 3.05) is 26.2 Å². The maximum Gasteiger partial charge on any atom is 0.414 e. The van der Waals surface area contributed by atoms with Crippen LogP contribution in [0.5, 0.6) is 5.75 Å². The molecule has 0 radical (unpaired) electrons. The van der Waals surface area contributed by atoms with E-state index in [1.165, 1.54) is 6.07 Å². The van der Waals surface area contributed by atoms with Crippen molar-refractivity contribution in [3.63, 3.8) is 0 Å². The second kappa shape index (κ2) is 11.4. The molecule has 1 saturated heterocycles. The molecule has 0 aromatic heterocycles. The molecule has 1 heterocycles. The monoisotopic (exact) mass is 495 g/mol. The van der Waals surface area contributed by atoms with E-state index in [4.69, 9.17) is 19.8 Å². The van der Waals surface area contributed by atoms with Gasteiger partial charge in [-0.1, -0.05) is 28.1 Å². The molecule has 11 heteroatoms. The highest BCUT2D eigenvalue weighted by molar-refractivity contribution is 9.10. The lowest BCUT2D eigenvalue weighted by Crippen LogP contribution is -2.45. The maximum absolute atomic E-state index is 10.9. The smallest absolute Gasteiger partial charge is 0.414 e. The third-order valence-corrected chi connectivity index (χ3v) is 5.10. The molecule has 1 fully saturated rings. The summed E-state index contributed by atoms with van der Waals surface area (Å²) in [5.74, 6) is -3.33. The molecule has 0 atom stereocenters. The van der Waals surface area contributed by atoms with E-state index in [-0.39, 0.29) is 10.6 Å². The van der Waals surface area contributed by atoms with Gasteiger partial charge in [-0.3, -0.25) is 19.9 Å². The first-order chi connectivity index (χ1) is 14.7. The van der Waals surface area contributed by atoms with Gasteiger partial charge in [0, 0.05) is 61.4 Å². The molecule has 166 valence electrons. The molecular formula is C20H22BrN3O7. The minimum Gasteiger partial charge on any atom is -0.508 e. The number of hydrogen-bond acceptors (Lipinski definition) is 7. The molecule has 0 spiro atoms. The van der Waals surface area contributed by atoms with Crippen molar-refractivity contribution in [2.45, 2.75) is 13.1 Å². The van der Waals surface area contributed by atoms with Crippen LogP contribution in [0.3, 0.4) is 0 Å². The van der Waals surface area contributed by atoms with E-state index in [0.29, 0.717) is 5.75 Å². The minimum absolute atomic E-state index is 0.140. The van der Waals surface area contributed by atoms with Crippen LogP contribution in [-0.2, 0) is 22.7 Å². The highest BCUT2D eigenvalue weighted by Gasteiger charge is 2.19. The Kier molecular flexibility index (Phi) is 8.91. The Labute approximate surface area is 186 Å². The van der Waals surface area contributed by atoms with Gasteiger partial charge in [-0.2, -0.15) is 0 Å². The lowest BCUT2D eigenvalue weighted by atomic mass is 10.1. The van der Waals surface area contributed by atoms with E-state index >= 15 is 0 Å². The second-order valence-electron chi connectivity index (χ2n) is 6.86. The van der Waals surface area contributed by atoms with Gasteiger partial charge >= 0.3 is 11.9 Å². The van der Waals surface area contributed by atoms with Crippen molar-refractivity contribution in [3.05, 3.63) is 68.2 Å². The average Bonchev–Trinajstić information content (AvgIpc) is 2.73. The van der Waals surface area contributed by atoms with Crippen LogP contribution in [0.4, 0.5) is 5.69 Å². The second-order valence-corrected chi connectivity index (χ2v) is 7.78. The molecule has 0 aliphatic carbocycles. The zero-order chi connectivity index (χ0) is 23.0. The van der Waals surface area contributed by atoms with Crippen LogP contribution in [-0.4, -0.2) is 68.2 Å². The van der Waals surface area contributed by atoms with Crippen molar-refractivity contribution in [3.8, 4) is 5.75 Å². The van der Waals surface area contributed by atoms with Gasteiger partial charge < -0.3 is 15.3 Å². The summed E-state index contributed by atoms with van der Waals surface area (Å²) in [5.41, 5.74) is 2.02. The molecule has 0 unspecified atom stereocenters. The Morgan fingerprint density at radius 1 is 0.968 bits per heavy atom. The van der Waals surface area contributed by atoms with Crippen LogP contribution >= 0.6 is 15.9 Å². The maximum atomic E-state index is 10.9. The quantitative estimate of drug-likeness (QED) is 0.323. The van der Waals surface area contributed by atoms with Gasteiger partial charge in [0.25, 0.3) is 5.69 Å². The number of nitro benzene ring substituents is 1. The summed E-state index contributed by atoms with van der Waals surface area (Å²) in [6.45, 7) is 5.05. The number of carboxylic acids is 2. The molecule has 0 bridgehead atoms. The summed E-state index contributed by atoms with van der Waals surface area (Å²) in [6.07, 6.45) is 0. The number of aliphatic carboxylic acids is 2. The molecule has 3 rings (SSSR count). The third-order valence-electron chi connectivity index (χ3n) is 4.61. The van der Waals surface area contributed by atoms with Gasteiger partial charge in [-0.05, 0) is 23.8 Å². The zero-order valence-electron chi connectivity index (χ0n) is 16.5. The molecule has 0 saturated carbocycles. The Morgan fingerprint density at radius 2 is 1.55 bits per heavy atom. The van der Waals surface area contributed by atoms with Crippen molar-refractivity contribution in [1.82, 2.24) is 9.80 Å². The molecule has 1 aliphatic heterocycles. The van der Waals surface area contributed by atoms with Crippen LogP contribution in [0.15, 0.2) is 46.9 Å². The van der Waals surface area contributed by atoms with E-state index in [1.54, 1.807) is 18.2 Å². The zero-order valence-corrected chi connectivity index (χ0v) is 18.1. The number of non-ortho nitro benzene ring substituents is 1. The summed E-state index contributed by atoms with van der Waals surface area (Å²) in [4.78, 5) is 33.3. The van der Waals surface area contributed by atoms with E-state index < -0.39 is 11.9 Å². The number of phenols is 1. The van der Waals surface area contributed by atoms with Gasteiger partial charge in [0.2, 0.25) is 0 Å². The van der Waals surface area contributed by atoms with E-state index in [0.717, 1.165) is 54.9 Å². The third kappa shape index (κ3) is 7.96. The first-order valence-electron chi connectivity index (χ1n) is 9.27. The molecule has 2 aromatic rings. The number of nitrogens with zero attached hydrogens (tertiary/aromatic N) is 3. The van der Waals surface area contributed by atoms with E-state index in [9.17, 15) is 15.2 Å². The fourth-order valence-corrected chi connectivity index (χ4v) is 3.46. The normalized spacial score (nSPS) is 14.4. The molecular weight excluding hydrogens is 474 g/mol. The van der Waals surface area contributed by atoms with Crippen LogP contribution in [0, 0.1) is 10.1 Å². The molecule has 0 amide bonds. The summed E-state index contributed by atoms with van der Waals surface area (Å²) in [6, 6.07) is 12.3. The van der Waals surface area contributed by atoms with Gasteiger partial charge in [0.05, 0.1) is 4.92 Å². The van der Waals surface area contributed by atoms with Gasteiger partial charge in [-0.25, -0.2) is 9.59 Å². The Hall–Kier alpha value is -3.02. The number of rotatable bonds is 5. The first-order valence-corrected chi connectivity index (χ1v) is 10.1. The Bertz CT molecular complexity index is 934. The fraction of sp³-hybridized carbons (Fsp3) is 0.300. The predicted octanol–water partition coefficient (Wildman–Crippen LogP) is 2.54. The van der Waals surface area contributed by atoms with Crippen molar-refractivity contribution < 1.29 is 29.8 Å². The van der Waals surface area contributed by atoms with E-state index in [2.05, 4.69) is 25.7 Å². The summed E-state index contributed by atoms with van der Waals surface area (Å²) < 4.78 is 0.963. The number of benzene rings is 2. The Morgan fingerprint density at radius 3 is 2.10 bits per heavy atom. The van der Waals surface area contributed by atoms with Gasteiger partial charge in [0.1, 0.15) is 5.75 Å². The van der Waals surface area contributed by atoms with Crippen molar-refractivity contribution in [2.24, 2.45) is 0 Å². The SMILES string of the molecule is O=C(O)C(=O)O.O=[N+]([O-])c1cccc(CN2CCN(Cc3cc(Br)ccc3O)CC2)c1. The highest BCUT2D eigenvalue weighted by atomic mass is 79.9. The Balaban J connectivity index is 0.000000501. The topological polar surface area (TPSA) is 144 Å². The summed E-state index contributed by atoms with van der Waals surface area (Å²) >= 11 is 3.44.